The molecular formula is C53H75Cl3N8O12S2. The van der Waals surface area contributed by atoms with E-state index in [0.717, 1.165) is 12.8 Å². The lowest BCUT2D eigenvalue weighted by atomic mass is 10.1. The molecule has 2 amide bonds. The molecule has 0 spiro atoms. The number of methoxy groups -OCH3 is 2. The number of benzene rings is 2. The van der Waals surface area contributed by atoms with Gasteiger partial charge in [0, 0.05) is 51.9 Å². The van der Waals surface area contributed by atoms with Gasteiger partial charge in [0.15, 0.2) is 30.6 Å². The van der Waals surface area contributed by atoms with Gasteiger partial charge in [-0.1, -0.05) is 67.9 Å². The average Bonchev–Trinajstić information content (AvgIpc) is 4.31. The minimum absolute atomic E-state index is 0.0615. The molecule has 20 nitrogen and oxygen atoms in total. The first-order valence-electron chi connectivity index (χ1n) is 26.0. The molecule has 4 aliphatic rings. The lowest BCUT2D eigenvalue weighted by Crippen LogP contribution is -2.44. The highest BCUT2D eigenvalue weighted by Gasteiger charge is 2.38. The fourth-order valence-corrected chi connectivity index (χ4v) is 11.8. The standard InChI is InChI=1S/C24H31ClN4O6S.C15H22ClN3O4.C9H10ClNO2S.C5H12/c1-24(2,3)35-23(30)29-11-9-15(10-12-29)34-22-20(33-4)21(26-14-27-22)28-19-8-7-17(13-18(19)25)36(31,32)16-5-6-16;1-15(2,3)23-14(20)19-7-5-10(6-8-19)22-13-11(21-4)12(16)17-9-18-13;10-8-5-7(3-4-9(8)11)14(12,13)6-1-2-6;1-3-5-4-2/h7-8,13-16H,5-6,9-12H2,1-4H3,(H,26,27,28);9-10H,5-8H2,1-4H3;3-6H,1-2,11H2;3-5H2,1-2H3. The van der Waals surface area contributed by atoms with E-state index in [1.54, 1.807) is 15.9 Å². The van der Waals surface area contributed by atoms with Crippen LogP contribution in [-0.2, 0) is 29.1 Å². The Morgan fingerprint density at radius 3 is 1.44 bits per heavy atom. The quantitative estimate of drug-likeness (QED) is 0.0879. The van der Waals surface area contributed by atoms with E-state index >= 15 is 0 Å². The number of carbonyl (C=O) groups excluding carboxylic acids is 2. The van der Waals surface area contributed by atoms with E-state index < -0.39 is 30.9 Å². The number of ether oxygens (including phenoxy) is 6. The van der Waals surface area contributed by atoms with Crippen molar-refractivity contribution in [1.82, 2.24) is 29.7 Å². The van der Waals surface area contributed by atoms with E-state index in [2.05, 4.69) is 39.1 Å². The zero-order valence-electron chi connectivity index (χ0n) is 46.1. The fourth-order valence-electron chi connectivity index (χ4n) is 7.67. The molecule has 2 aliphatic carbocycles. The van der Waals surface area contributed by atoms with Crippen molar-refractivity contribution in [3.05, 3.63) is 64.3 Å². The number of nitrogens with two attached hydrogens (primary N) is 1. The second-order valence-electron chi connectivity index (χ2n) is 20.9. The van der Waals surface area contributed by atoms with E-state index in [1.807, 2.05) is 41.5 Å². The van der Waals surface area contributed by atoms with Gasteiger partial charge in [0.1, 0.15) is 36.1 Å². The number of likely N-dealkylation sites (tertiary alicyclic amines) is 2. The van der Waals surface area contributed by atoms with Crippen LogP contribution in [0.15, 0.2) is 58.8 Å². The molecule has 8 rings (SSSR count). The van der Waals surface area contributed by atoms with Gasteiger partial charge in [0.25, 0.3) is 11.8 Å². The van der Waals surface area contributed by atoms with Crippen LogP contribution in [0.3, 0.4) is 0 Å². The summed E-state index contributed by atoms with van der Waals surface area (Å²) >= 11 is 18.1. The van der Waals surface area contributed by atoms with Crippen LogP contribution in [0.25, 0.3) is 0 Å². The minimum atomic E-state index is -3.35. The van der Waals surface area contributed by atoms with Crippen LogP contribution in [0.2, 0.25) is 15.2 Å². The predicted octanol–water partition coefficient (Wildman–Crippen LogP) is 11.6. The number of carbonyl (C=O) groups is 2. The molecule has 2 aromatic heterocycles. The van der Waals surface area contributed by atoms with Crippen LogP contribution < -0.4 is 30.0 Å². The maximum Gasteiger partial charge on any atom is 0.410 e. The largest absolute Gasteiger partial charge is 0.489 e. The zero-order valence-corrected chi connectivity index (χ0v) is 50.0. The van der Waals surface area contributed by atoms with Crippen molar-refractivity contribution in [3.63, 3.8) is 0 Å². The van der Waals surface area contributed by atoms with Crippen LogP contribution in [0, 0.1) is 0 Å². The molecule has 2 saturated heterocycles. The van der Waals surface area contributed by atoms with Crippen molar-refractivity contribution < 1.29 is 54.8 Å². The third-order valence-corrected chi connectivity index (χ3v) is 17.5. The maximum atomic E-state index is 12.5. The third-order valence-electron chi connectivity index (χ3n) is 12.1. The number of piperidine rings is 2. The number of nitrogens with one attached hydrogen (secondary N) is 1. The maximum absolute atomic E-state index is 12.5. The fraction of sp³-hybridized carbons (Fsp3) is 0.585. The Labute approximate surface area is 474 Å². The summed E-state index contributed by atoms with van der Waals surface area (Å²) in [5, 5.41) is 3.32. The Balaban J connectivity index is 0.000000226. The summed E-state index contributed by atoms with van der Waals surface area (Å²) in [6.45, 7) is 17.6. The van der Waals surface area contributed by atoms with Crippen molar-refractivity contribution in [1.29, 1.82) is 0 Å². The Kier molecular flexibility index (Phi) is 23.0. The van der Waals surface area contributed by atoms with Gasteiger partial charge < -0.3 is 49.3 Å². The molecule has 432 valence electrons. The van der Waals surface area contributed by atoms with Crippen molar-refractivity contribution >= 4 is 83.9 Å². The molecule has 4 heterocycles. The lowest BCUT2D eigenvalue weighted by Gasteiger charge is -2.33. The van der Waals surface area contributed by atoms with Gasteiger partial charge in [-0.15, -0.1) is 0 Å². The molecule has 2 saturated carbocycles. The monoisotopic (exact) mass is 1180 g/mol. The van der Waals surface area contributed by atoms with Gasteiger partial charge in [-0.3, -0.25) is 0 Å². The van der Waals surface area contributed by atoms with E-state index in [1.165, 1.54) is 76.5 Å². The van der Waals surface area contributed by atoms with Crippen molar-refractivity contribution in [2.45, 2.75) is 170 Å². The zero-order chi connectivity index (χ0) is 57.6. The number of aromatic nitrogens is 4. The molecule has 78 heavy (non-hydrogen) atoms. The van der Waals surface area contributed by atoms with Crippen LogP contribution in [0.1, 0.15) is 126 Å². The predicted molar refractivity (Wildman–Crippen MR) is 301 cm³/mol. The Morgan fingerprint density at radius 1 is 0.628 bits per heavy atom. The van der Waals surface area contributed by atoms with E-state index in [9.17, 15) is 26.4 Å². The first-order chi connectivity index (χ1) is 36.7. The summed E-state index contributed by atoms with van der Waals surface area (Å²) in [6, 6.07) is 9.04. The minimum Gasteiger partial charge on any atom is -0.489 e. The molecule has 0 bridgehead atoms. The second-order valence-corrected chi connectivity index (χ2v) is 26.6. The Morgan fingerprint density at radius 2 is 1.05 bits per heavy atom. The Hall–Kier alpha value is -5.29. The molecule has 2 aromatic carbocycles. The number of hydrogen-bond acceptors (Lipinski definition) is 18. The van der Waals surface area contributed by atoms with Crippen molar-refractivity contribution in [2.24, 2.45) is 0 Å². The van der Waals surface area contributed by atoms with Gasteiger partial charge in [-0.05, 0) is 104 Å². The normalized spacial score (nSPS) is 16.2. The summed E-state index contributed by atoms with van der Waals surface area (Å²) in [5.41, 5.74) is 5.34. The number of amides is 2. The number of nitrogens with zero attached hydrogens (tertiary/aromatic N) is 6. The molecule has 4 aromatic rings. The van der Waals surface area contributed by atoms with E-state index in [0.29, 0.717) is 98.5 Å². The average molecular weight is 1190 g/mol. The van der Waals surface area contributed by atoms with Gasteiger partial charge >= 0.3 is 12.2 Å². The van der Waals surface area contributed by atoms with Crippen LogP contribution >= 0.6 is 34.8 Å². The number of halogens is 3. The molecule has 0 unspecified atom stereocenters. The highest BCUT2D eigenvalue weighted by molar-refractivity contribution is 7.92. The lowest BCUT2D eigenvalue weighted by molar-refractivity contribution is 0.0109. The number of unbranched alkanes of at least 4 members (excludes halogenated alkanes) is 2. The number of nitrogen functional groups attached to an aromatic ring is 1. The number of hydrogen-bond donors (Lipinski definition) is 2. The molecule has 3 N–H and O–H groups in total. The second kappa shape index (κ2) is 28.2. The van der Waals surface area contributed by atoms with Gasteiger partial charge in [0.05, 0.1) is 55.9 Å². The summed E-state index contributed by atoms with van der Waals surface area (Å²) in [4.78, 5) is 44.6. The topological polar surface area (TPSA) is 254 Å². The first kappa shape index (κ1) is 63.5. The summed E-state index contributed by atoms with van der Waals surface area (Å²) in [5.74, 6) is 1.52. The first-order valence-corrected chi connectivity index (χ1v) is 30.3. The molecular weight excluding hydrogens is 1110 g/mol. The van der Waals surface area contributed by atoms with Crippen LogP contribution in [0.4, 0.5) is 26.8 Å². The van der Waals surface area contributed by atoms with Crippen molar-refractivity contribution in [2.75, 3.05) is 51.4 Å². The van der Waals surface area contributed by atoms with Crippen LogP contribution in [0.5, 0.6) is 23.3 Å². The number of anilines is 3. The molecule has 2 aliphatic heterocycles. The number of sulfone groups is 2. The summed E-state index contributed by atoms with van der Waals surface area (Å²) in [6.07, 6.45) is 11.3. The van der Waals surface area contributed by atoms with Gasteiger partial charge in [-0.25, -0.2) is 36.4 Å². The van der Waals surface area contributed by atoms with Gasteiger partial charge in [-0.2, -0.15) is 9.97 Å². The molecule has 25 heteroatoms. The third kappa shape index (κ3) is 18.9. The highest BCUT2D eigenvalue weighted by Crippen LogP contribution is 2.40. The smallest absolute Gasteiger partial charge is 0.410 e. The molecule has 0 radical (unpaired) electrons. The molecule has 0 atom stereocenters. The van der Waals surface area contributed by atoms with Crippen LogP contribution in [-0.4, -0.2) is 133 Å². The Bertz CT molecular complexity index is 2870. The van der Waals surface area contributed by atoms with Gasteiger partial charge in [0.2, 0.25) is 11.5 Å². The van der Waals surface area contributed by atoms with Crippen molar-refractivity contribution in [3.8, 4) is 23.3 Å². The SMILES string of the molecule is CCCCC.COc1c(Cl)ncnc1OC1CCN(C(=O)OC(C)(C)C)CC1.COc1c(Nc2ccc(S(=O)(=O)C3CC3)cc2Cl)ncnc1OC1CCN(C(=O)OC(C)(C)C)CC1.Nc1ccc(S(=O)(=O)C2CC2)cc1Cl. The van der Waals surface area contributed by atoms with E-state index in [-0.39, 0.29) is 66.5 Å². The summed E-state index contributed by atoms with van der Waals surface area (Å²) < 4.78 is 82.0. The highest BCUT2D eigenvalue weighted by atomic mass is 35.5. The molecule has 4 fully saturated rings. The summed E-state index contributed by atoms with van der Waals surface area (Å²) in [7, 11) is -3.52. The van der Waals surface area contributed by atoms with E-state index in [4.69, 9.17) is 69.0 Å². The number of rotatable bonds is 14.